The first-order valence-corrected chi connectivity index (χ1v) is 8.04. The molecule has 1 aromatic heterocycles. The van der Waals surface area contributed by atoms with Crippen molar-refractivity contribution < 1.29 is 14.3 Å². The number of nitrogens with zero attached hydrogens (tertiary/aromatic N) is 3. The van der Waals surface area contributed by atoms with E-state index in [1.54, 1.807) is 36.3 Å². The van der Waals surface area contributed by atoms with Crippen molar-refractivity contribution in [2.24, 2.45) is 5.92 Å². The van der Waals surface area contributed by atoms with Crippen LogP contribution < -0.4 is 5.32 Å². The Balaban J connectivity index is 1.73. The van der Waals surface area contributed by atoms with Gasteiger partial charge < -0.3 is 15.3 Å². The third-order valence-corrected chi connectivity index (χ3v) is 4.43. The van der Waals surface area contributed by atoms with Crippen LogP contribution in [0.5, 0.6) is 0 Å². The Labute approximate surface area is 139 Å². The summed E-state index contributed by atoms with van der Waals surface area (Å²) in [4.78, 5) is 13.9. The smallest absolute Gasteiger partial charge is 0.321 e. The SMILES string of the molecule is CN(CC1CCCC1O)C(=O)Nc1cc(F)ccc1-n1cccn1. The maximum absolute atomic E-state index is 13.6. The zero-order valence-electron chi connectivity index (χ0n) is 13.5. The van der Waals surface area contributed by atoms with Crippen LogP contribution in [0.1, 0.15) is 19.3 Å². The molecule has 1 saturated carbocycles. The molecule has 1 fully saturated rings. The number of anilines is 1. The lowest BCUT2D eigenvalue weighted by Crippen LogP contribution is -2.37. The largest absolute Gasteiger partial charge is 0.393 e. The first-order valence-electron chi connectivity index (χ1n) is 8.04. The van der Waals surface area contributed by atoms with Crippen LogP contribution in [0.2, 0.25) is 0 Å². The summed E-state index contributed by atoms with van der Waals surface area (Å²) in [7, 11) is 1.67. The van der Waals surface area contributed by atoms with Crippen LogP contribution in [0.25, 0.3) is 5.69 Å². The lowest BCUT2D eigenvalue weighted by molar-refractivity contribution is 0.116. The maximum atomic E-state index is 13.6. The summed E-state index contributed by atoms with van der Waals surface area (Å²) in [6.07, 6.45) is 5.66. The number of hydrogen-bond donors (Lipinski definition) is 2. The predicted octanol–water partition coefficient (Wildman–Crippen LogP) is 2.64. The number of rotatable bonds is 4. The number of amides is 2. The fraction of sp³-hybridized carbons (Fsp3) is 0.412. The Morgan fingerprint density at radius 1 is 1.50 bits per heavy atom. The van der Waals surface area contributed by atoms with E-state index in [0.717, 1.165) is 19.3 Å². The van der Waals surface area contributed by atoms with E-state index < -0.39 is 5.82 Å². The average Bonchev–Trinajstić information content (AvgIpc) is 3.20. The Hall–Kier alpha value is -2.41. The molecule has 6 nitrogen and oxygen atoms in total. The standard InChI is InChI=1S/C17H21FN4O2/c1-21(11-12-4-2-5-16(12)23)17(24)20-14-10-13(18)6-7-15(14)22-9-3-8-19-22/h3,6-10,12,16,23H,2,4-5,11H2,1H3,(H,20,24). The molecule has 0 bridgehead atoms. The normalized spacial score (nSPS) is 20.1. The van der Waals surface area contributed by atoms with Crippen LogP contribution in [0.15, 0.2) is 36.7 Å². The number of hydrogen-bond acceptors (Lipinski definition) is 3. The van der Waals surface area contributed by atoms with E-state index >= 15 is 0 Å². The highest BCUT2D eigenvalue weighted by Crippen LogP contribution is 2.26. The predicted molar refractivity (Wildman–Crippen MR) is 88.5 cm³/mol. The van der Waals surface area contributed by atoms with Gasteiger partial charge in [0.25, 0.3) is 0 Å². The van der Waals surface area contributed by atoms with Crippen molar-refractivity contribution in [2.75, 3.05) is 18.9 Å². The number of aliphatic hydroxyl groups is 1. The molecule has 7 heteroatoms. The molecule has 1 aromatic carbocycles. The Bertz CT molecular complexity index is 705. The van der Waals surface area contributed by atoms with Gasteiger partial charge in [0.1, 0.15) is 5.82 Å². The third kappa shape index (κ3) is 3.56. The van der Waals surface area contributed by atoms with E-state index in [-0.39, 0.29) is 18.1 Å². The molecule has 1 heterocycles. The molecule has 0 spiro atoms. The van der Waals surface area contributed by atoms with Gasteiger partial charge in [0.05, 0.1) is 17.5 Å². The number of carbonyl (C=O) groups is 1. The minimum atomic E-state index is -0.435. The third-order valence-electron chi connectivity index (χ3n) is 4.43. The van der Waals surface area contributed by atoms with Gasteiger partial charge in [0.15, 0.2) is 0 Å². The van der Waals surface area contributed by atoms with Gasteiger partial charge in [0.2, 0.25) is 0 Å². The maximum Gasteiger partial charge on any atom is 0.321 e. The monoisotopic (exact) mass is 332 g/mol. The summed E-state index contributed by atoms with van der Waals surface area (Å²) in [5, 5.41) is 16.7. The topological polar surface area (TPSA) is 70.4 Å². The summed E-state index contributed by atoms with van der Waals surface area (Å²) >= 11 is 0. The summed E-state index contributed by atoms with van der Waals surface area (Å²) in [6.45, 7) is 0.472. The van der Waals surface area contributed by atoms with Gasteiger partial charge >= 0.3 is 6.03 Å². The van der Waals surface area contributed by atoms with E-state index in [1.165, 1.54) is 17.0 Å². The summed E-state index contributed by atoms with van der Waals surface area (Å²) in [5.74, 6) is -0.339. The quantitative estimate of drug-likeness (QED) is 0.904. The van der Waals surface area contributed by atoms with Gasteiger partial charge in [-0.2, -0.15) is 5.10 Å². The summed E-state index contributed by atoms with van der Waals surface area (Å²) in [5.41, 5.74) is 0.937. The molecule has 1 aliphatic rings. The second-order valence-electron chi connectivity index (χ2n) is 6.18. The summed E-state index contributed by atoms with van der Waals surface area (Å²) in [6, 6.07) is 5.58. The average molecular weight is 332 g/mol. The first-order chi connectivity index (χ1) is 11.5. The van der Waals surface area contributed by atoms with Gasteiger partial charge in [0, 0.05) is 31.9 Å². The van der Waals surface area contributed by atoms with Crippen LogP contribution >= 0.6 is 0 Å². The molecule has 2 amide bonds. The molecule has 3 rings (SSSR count). The van der Waals surface area contributed by atoms with E-state index in [1.807, 2.05) is 0 Å². The minimum Gasteiger partial charge on any atom is -0.393 e. The lowest BCUT2D eigenvalue weighted by atomic mass is 10.1. The zero-order valence-corrected chi connectivity index (χ0v) is 13.5. The van der Waals surface area contributed by atoms with Crippen molar-refractivity contribution in [3.05, 3.63) is 42.5 Å². The van der Waals surface area contributed by atoms with E-state index in [2.05, 4.69) is 10.4 Å². The van der Waals surface area contributed by atoms with Crippen LogP contribution in [0.4, 0.5) is 14.9 Å². The number of nitrogens with one attached hydrogen (secondary N) is 1. The van der Waals surface area contributed by atoms with Crippen molar-refractivity contribution in [3.8, 4) is 5.69 Å². The van der Waals surface area contributed by atoms with Gasteiger partial charge in [-0.15, -0.1) is 0 Å². The van der Waals surface area contributed by atoms with Gasteiger partial charge in [-0.1, -0.05) is 6.42 Å². The number of halogens is 1. The number of benzene rings is 1. The van der Waals surface area contributed by atoms with Crippen LogP contribution in [0, 0.1) is 11.7 Å². The molecule has 0 radical (unpaired) electrons. The molecule has 128 valence electrons. The fourth-order valence-electron chi connectivity index (χ4n) is 3.10. The van der Waals surface area contributed by atoms with Crippen molar-refractivity contribution >= 4 is 11.7 Å². The van der Waals surface area contributed by atoms with Crippen molar-refractivity contribution in [2.45, 2.75) is 25.4 Å². The number of aromatic nitrogens is 2. The molecule has 2 aromatic rings. The lowest BCUT2D eigenvalue weighted by Gasteiger charge is -2.24. The van der Waals surface area contributed by atoms with Crippen LogP contribution in [-0.4, -0.2) is 45.5 Å². The van der Waals surface area contributed by atoms with E-state index in [0.29, 0.717) is 17.9 Å². The van der Waals surface area contributed by atoms with Crippen molar-refractivity contribution in [1.29, 1.82) is 0 Å². The molecule has 0 aliphatic heterocycles. The van der Waals surface area contributed by atoms with Gasteiger partial charge in [-0.05, 0) is 37.1 Å². The van der Waals surface area contributed by atoms with Gasteiger partial charge in [-0.25, -0.2) is 13.9 Å². The summed E-state index contributed by atoms with van der Waals surface area (Å²) < 4.78 is 15.2. The van der Waals surface area contributed by atoms with E-state index in [4.69, 9.17) is 0 Å². The molecule has 2 unspecified atom stereocenters. The van der Waals surface area contributed by atoms with Crippen molar-refractivity contribution in [1.82, 2.24) is 14.7 Å². The van der Waals surface area contributed by atoms with Crippen molar-refractivity contribution in [3.63, 3.8) is 0 Å². The second kappa shape index (κ2) is 7.00. The number of carbonyl (C=O) groups excluding carboxylic acids is 1. The molecule has 2 atom stereocenters. The highest BCUT2D eigenvalue weighted by molar-refractivity contribution is 5.91. The second-order valence-corrected chi connectivity index (χ2v) is 6.18. The van der Waals surface area contributed by atoms with E-state index in [9.17, 15) is 14.3 Å². The molecular weight excluding hydrogens is 311 g/mol. The molecule has 24 heavy (non-hydrogen) atoms. The Kier molecular flexibility index (Phi) is 4.80. The Morgan fingerprint density at radius 3 is 3.00 bits per heavy atom. The van der Waals surface area contributed by atoms with Crippen LogP contribution in [-0.2, 0) is 0 Å². The fourth-order valence-corrected chi connectivity index (χ4v) is 3.10. The Morgan fingerprint density at radius 2 is 2.33 bits per heavy atom. The molecule has 1 aliphatic carbocycles. The van der Waals surface area contributed by atoms with Crippen LogP contribution in [0.3, 0.4) is 0 Å². The zero-order chi connectivity index (χ0) is 17.1. The highest BCUT2D eigenvalue weighted by atomic mass is 19.1. The molecular formula is C17H21FN4O2. The highest BCUT2D eigenvalue weighted by Gasteiger charge is 2.27. The number of aliphatic hydroxyl groups excluding tert-OH is 1. The van der Waals surface area contributed by atoms with Gasteiger partial charge in [-0.3, -0.25) is 0 Å². The first kappa shape index (κ1) is 16.4. The number of urea groups is 1. The molecule has 0 saturated heterocycles. The minimum absolute atomic E-state index is 0.0962. The molecule has 2 N–H and O–H groups in total.